The SMILES string of the molecule is CC(C)c1cc(CN(C)Cc2cc(C3CCCCC3)no2)no1. The van der Waals surface area contributed by atoms with Gasteiger partial charge in [-0.2, -0.15) is 0 Å². The maximum atomic E-state index is 5.53. The lowest BCUT2D eigenvalue weighted by Crippen LogP contribution is -2.17. The molecule has 0 saturated heterocycles. The van der Waals surface area contributed by atoms with Crippen LogP contribution >= 0.6 is 0 Å². The second-order valence-corrected chi connectivity index (χ2v) is 7.10. The van der Waals surface area contributed by atoms with E-state index in [1.807, 2.05) is 6.07 Å². The van der Waals surface area contributed by atoms with Gasteiger partial charge in [-0.1, -0.05) is 43.4 Å². The Balaban J connectivity index is 1.54. The zero-order valence-corrected chi connectivity index (χ0v) is 14.4. The highest BCUT2D eigenvalue weighted by Crippen LogP contribution is 2.32. The summed E-state index contributed by atoms with van der Waals surface area (Å²) in [5.41, 5.74) is 2.10. The fourth-order valence-electron chi connectivity index (χ4n) is 3.27. The smallest absolute Gasteiger partial charge is 0.150 e. The monoisotopic (exact) mass is 317 g/mol. The lowest BCUT2D eigenvalue weighted by atomic mass is 9.87. The average Bonchev–Trinajstić information content (AvgIpc) is 3.18. The van der Waals surface area contributed by atoms with Crippen LogP contribution in [0.2, 0.25) is 0 Å². The minimum Gasteiger partial charge on any atom is -0.361 e. The van der Waals surface area contributed by atoms with E-state index in [0.29, 0.717) is 11.8 Å². The molecule has 0 atom stereocenters. The van der Waals surface area contributed by atoms with E-state index in [1.165, 1.54) is 32.1 Å². The summed E-state index contributed by atoms with van der Waals surface area (Å²) in [5, 5.41) is 8.43. The summed E-state index contributed by atoms with van der Waals surface area (Å²) >= 11 is 0. The van der Waals surface area contributed by atoms with Crippen LogP contribution in [0.1, 0.15) is 80.7 Å². The first-order valence-corrected chi connectivity index (χ1v) is 8.71. The Bertz CT molecular complexity index is 611. The molecular weight excluding hydrogens is 290 g/mol. The van der Waals surface area contributed by atoms with Gasteiger partial charge in [-0.15, -0.1) is 0 Å². The third kappa shape index (κ3) is 4.22. The lowest BCUT2D eigenvalue weighted by Gasteiger charge is -2.18. The lowest BCUT2D eigenvalue weighted by molar-refractivity contribution is 0.256. The fourth-order valence-corrected chi connectivity index (χ4v) is 3.27. The Kier molecular flexibility index (Phi) is 5.16. The highest BCUT2D eigenvalue weighted by Gasteiger charge is 2.20. The second kappa shape index (κ2) is 7.30. The summed E-state index contributed by atoms with van der Waals surface area (Å²) in [7, 11) is 2.06. The van der Waals surface area contributed by atoms with Crippen LogP contribution in [0.25, 0.3) is 0 Å². The van der Waals surface area contributed by atoms with E-state index >= 15 is 0 Å². The molecule has 1 aliphatic carbocycles. The largest absolute Gasteiger partial charge is 0.361 e. The molecule has 5 nitrogen and oxygen atoms in total. The van der Waals surface area contributed by atoms with Gasteiger partial charge in [0.25, 0.3) is 0 Å². The van der Waals surface area contributed by atoms with Crippen LogP contribution in [0.5, 0.6) is 0 Å². The molecule has 0 amide bonds. The molecule has 0 aliphatic heterocycles. The van der Waals surface area contributed by atoms with E-state index in [-0.39, 0.29) is 0 Å². The molecule has 0 unspecified atom stereocenters. The number of hydrogen-bond acceptors (Lipinski definition) is 5. The summed E-state index contributed by atoms with van der Waals surface area (Å²) < 4.78 is 10.9. The third-order valence-corrected chi connectivity index (χ3v) is 4.60. The first kappa shape index (κ1) is 16.2. The number of aromatic nitrogens is 2. The van der Waals surface area contributed by atoms with Crippen molar-refractivity contribution in [3.8, 4) is 0 Å². The van der Waals surface area contributed by atoms with Gasteiger partial charge in [0.15, 0.2) is 5.76 Å². The van der Waals surface area contributed by atoms with Crippen LogP contribution in [0.3, 0.4) is 0 Å². The van der Waals surface area contributed by atoms with Crippen molar-refractivity contribution in [2.24, 2.45) is 0 Å². The van der Waals surface area contributed by atoms with Crippen molar-refractivity contribution in [2.45, 2.75) is 70.9 Å². The molecule has 23 heavy (non-hydrogen) atoms. The minimum atomic E-state index is 0.369. The summed E-state index contributed by atoms with van der Waals surface area (Å²) in [4.78, 5) is 2.17. The normalized spacial score (nSPS) is 16.6. The van der Waals surface area contributed by atoms with Gasteiger partial charge >= 0.3 is 0 Å². The fraction of sp³-hybridized carbons (Fsp3) is 0.667. The van der Waals surface area contributed by atoms with Crippen molar-refractivity contribution in [3.63, 3.8) is 0 Å². The topological polar surface area (TPSA) is 55.3 Å². The predicted molar refractivity (Wildman–Crippen MR) is 88.1 cm³/mol. The van der Waals surface area contributed by atoms with Crippen molar-refractivity contribution >= 4 is 0 Å². The van der Waals surface area contributed by atoms with E-state index in [4.69, 9.17) is 9.05 Å². The molecule has 2 aromatic rings. The Morgan fingerprint density at radius 3 is 2.57 bits per heavy atom. The molecule has 2 aromatic heterocycles. The van der Waals surface area contributed by atoms with Crippen molar-refractivity contribution in [2.75, 3.05) is 7.05 Å². The molecular formula is C18H27N3O2. The summed E-state index contributed by atoms with van der Waals surface area (Å²) in [6.07, 6.45) is 6.49. The Hall–Kier alpha value is -1.62. The van der Waals surface area contributed by atoms with Gasteiger partial charge in [-0.3, -0.25) is 4.90 Å². The highest BCUT2D eigenvalue weighted by atomic mass is 16.5. The first-order chi connectivity index (χ1) is 11.1. The zero-order valence-electron chi connectivity index (χ0n) is 14.4. The molecule has 3 rings (SSSR count). The van der Waals surface area contributed by atoms with Crippen LogP contribution in [0.15, 0.2) is 21.2 Å². The van der Waals surface area contributed by atoms with Gasteiger partial charge in [0.05, 0.1) is 17.9 Å². The Labute approximate surface area is 138 Å². The molecule has 1 aliphatic rings. The molecule has 126 valence electrons. The molecule has 0 aromatic carbocycles. The minimum absolute atomic E-state index is 0.369. The summed E-state index contributed by atoms with van der Waals surface area (Å²) in [6.45, 7) is 5.70. The van der Waals surface area contributed by atoms with Crippen molar-refractivity contribution in [3.05, 3.63) is 35.0 Å². The molecule has 5 heteroatoms. The Morgan fingerprint density at radius 1 is 1.09 bits per heavy atom. The maximum Gasteiger partial charge on any atom is 0.150 e. The van der Waals surface area contributed by atoms with Gasteiger partial charge in [-0.25, -0.2) is 0 Å². The van der Waals surface area contributed by atoms with Crippen LogP contribution < -0.4 is 0 Å². The molecule has 0 radical (unpaired) electrons. The van der Waals surface area contributed by atoms with Crippen LogP contribution in [-0.4, -0.2) is 22.3 Å². The van der Waals surface area contributed by atoms with Crippen LogP contribution in [0.4, 0.5) is 0 Å². The van der Waals surface area contributed by atoms with E-state index < -0.39 is 0 Å². The van der Waals surface area contributed by atoms with E-state index in [9.17, 15) is 0 Å². The maximum absolute atomic E-state index is 5.53. The van der Waals surface area contributed by atoms with Crippen molar-refractivity contribution in [1.82, 2.24) is 15.2 Å². The van der Waals surface area contributed by atoms with Gasteiger partial charge in [-0.05, 0) is 19.9 Å². The quantitative estimate of drug-likeness (QED) is 0.787. The van der Waals surface area contributed by atoms with Gasteiger partial charge in [0.1, 0.15) is 5.76 Å². The van der Waals surface area contributed by atoms with Crippen LogP contribution in [0, 0.1) is 0 Å². The summed E-state index contributed by atoms with van der Waals surface area (Å²) in [6, 6.07) is 4.17. The zero-order chi connectivity index (χ0) is 16.2. The second-order valence-electron chi connectivity index (χ2n) is 7.10. The van der Waals surface area contributed by atoms with Gasteiger partial charge < -0.3 is 9.05 Å². The third-order valence-electron chi connectivity index (χ3n) is 4.60. The molecule has 0 N–H and O–H groups in total. The highest BCUT2D eigenvalue weighted by molar-refractivity contribution is 5.12. The molecule has 0 bridgehead atoms. The van der Waals surface area contributed by atoms with Gasteiger partial charge in [0.2, 0.25) is 0 Å². The standard InChI is InChI=1S/C18H27N3O2/c1-13(2)18-9-15(19-23-18)11-21(3)12-16-10-17(20-22-16)14-7-5-4-6-8-14/h9-10,13-14H,4-8,11-12H2,1-3H3. The van der Waals surface area contributed by atoms with E-state index in [0.717, 1.165) is 36.0 Å². The van der Waals surface area contributed by atoms with Gasteiger partial charge in [0, 0.05) is 30.5 Å². The predicted octanol–water partition coefficient (Wildman–Crippen LogP) is 4.47. The summed E-state index contributed by atoms with van der Waals surface area (Å²) in [5.74, 6) is 2.83. The van der Waals surface area contributed by atoms with Crippen LogP contribution in [-0.2, 0) is 13.1 Å². The van der Waals surface area contributed by atoms with E-state index in [1.54, 1.807) is 0 Å². The van der Waals surface area contributed by atoms with Crippen molar-refractivity contribution < 1.29 is 9.05 Å². The average molecular weight is 317 g/mol. The first-order valence-electron chi connectivity index (χ1n) is 8.71. The van der Waals surface area contributed by atoms with E-state index in [2.05, 4.69) is 42.2 Å². The number of hydrogen-bond donors (Lipinski definition) is 0. The Morgan fingerprint density at radius 2 is 1.87 bits per heavy atom. The molecule has 1 saturated carbocycles. The molecule has 1 fully saturated rings. The number of rotatable bonds is 6. The molecule has 2 heterocycles. The molecule has 0 spiro atoms. The number of nitrogens with zero attached hydrogens (tertiary/aromatic N) is 3. The van der Waals surface area contributed by atoms with Crippen molar-refractivity contribution in [1.29, 1.82) is 0 Å².